The zero-order valence-corrected chi connectivity index (χ0v) is 27.6. The van der Waals surface area contributed by atoms with Gasteiger partial charge in [0.2, 0.25) is 0 Å². The first kappa shape index (κ1) is 33.9. The van der Waals surface area contributed by atoms with Crippen molar-refractivity contribution in [2.45, 2.75) is 50.4 Å². The van der Waals surface area contributed by atoms with Crippen molar-refractivity contribution in [1.82, 2.24) is 14.9 Å². The van der Waals surface area contributed by atoms with Gasteiger partial charge in [0.25, 0.3) is 6.43 Å². The molecule has 0 saturated carbocycles. The maximum Gasteiger partial charge on any atom is 0.409 e. The molecule has 18 heteroatoms. The molecular weight excluding hydrogens is 711 g/mol. The number of ketones is 1. The van der Waals surface area contributed by atoms with E-state index in [1.165, 1.54) is 6.92 Å². The molecule has 5 heterocycles. The van der Waals surface area contributed by atoms with Crippen LogP contribution in [-0.2, 0) is 4.79 Å². The number of Topliss-reactive ketones (excluding diaryl/α,β-unsaturated/α-hetero) is 1. The van der Waals surface area contributed by atoms with Gasteiger partial charge in [0.1, 0.15) is 53.6 Å². The molecule has 3 atom stereocenters. The quantitative estimate of drug-likeness (QED) is 0.186. The predicted molar refractivity (Wildman–Crippen MR) is 174 cm³/mol. The molecule has 2 saturated heterocycles. The number of carbonyl (C=O) groups excluding carboxylic acids is 1. The molecule has 3 aliphatic rings. The molecule has 50 heavy (non-hydrogen) atoms. The van der Waals surface area contributed by atoms with Crippen LogP contribution in [0.2, 0.25) is 5.02 Å². The third kappa shape index (κ3) is 5.49. The second-order valence-corrected chi connectivity index (χ2v) is 13.8. The number of hydrogen-bond donors (Lipinski definition) is 2. The zero-order chi connectivity index (χ0) is 35.6. The van der Waals surface area contributed by atoms with E-state index in [2.05, 4.69) is 15.3 Å². The van der Waals surface area contributed by atoms with Crippen molar-refractivity contribution < 1.29 is 46.1 Å². The summed E-state index contributed by atoms with van der Waals surface area (Å²) in [6, 6.07) is 2.22. The maximum atomic E-state index is 17.1. The minimum absolute atomic E-state index is 0.0901. The van der Waals surface area contributed by atoms with E-state index in [1.807, 2.05) is 11.0 Å². The number of rotatable bonds is 8. The van der Waals surface area contributed by atoms with E-state index in [9.17, 15) is 33.1 Å². The average molecular weight is 737 g/mol. The maximum absolute atomic E-state index is 17.1. The summed E-state index contributed by atoms with van der Waals surface area (Å²) in [6.07, 6.45) is -3.99. The first-order valence-corrected chi connectivity index (χ1v) is 16.6. The van der Waals surface area contributed by atoms with Crippen LogP contribution in [0.25, 0.3) is 32.1 Å². The molecule has 3 aliphatic heterocycles. The number of thiophene rings is 1. The first-order valence-electron chi connectivity index (χ1n) is 15.4. The normalized spacial score (nSPS) is 21.7. The topological polar surface area (TPSA) is 141 Å². The van der Waals surface area contributed by atoms with Gasteiger partial charge in [0.15, 0.2) is 17.3 Å². The van der Waals surface area contributed by atoms with Crippen molar-refractivity contribution in [2.75, 3.05) is 43.1 Å². The Balaban J connectivity index is 1.48. The number of amides is 1. The Morgan fingerprint density at radius 3 is 2.78 bits per heavy atom. The summed E-state index contributed by atoms with van der Waals surface area (Å²) in [4.78, 5) is 35.9. The fourth-order valence-electron chi connectivity index (χ4n) is 7.30. The summed E-state index contributed by atoms with van der Waals surface area (Å²) in [5.74, 6) is -3.13. The minimum atomic E-state index is -2.97. The fourth-order valence-corrected chi connectivity index (χ4v) is 8.70. The molecule has 1 unspecified atom stereocenters. The molecule has 2 aromatic heterocycles. The monoisotopic (exact) mass is 736 g/mol. The summed E-state index contributed by atoms with van der Waals surface area (Å²) in [5, 5.41) is 20.3. The van der Waals surface area contributed by atoms with Crippen LogP contribution < -0.4 is 19.7 Å². The van der Waals surface area contributed by atoms with Gasteiger partial charge in [-0.15, -0.1) is 11.3 Å². The van der Waals surface area contributed by atoms with Gasteiger partial charge in [0, 0.05) is 23.9 Å². The molecule has 0 bridgehead atoms. The van der Waals surface area contributed by atoms with Gasteiger partial charge in [-0.25, -0.2) is 26.7 Å². The summed E-state index contributed by atoms with van der Waals surface area (Å²) in [6.45, 7) is 0.446. The molecule has 0 spiro atoms. The van der Waals surface area contributed by atoms with Gasteiger partial charge in [0.05, 0.1) is 32.8 Å². The fraction of sp³-hybridized carbons (Fsp3) is 0.406. The van der Waals surface area contributed by atoms with Crippen LogP contribution in [-0.4, -0.2) is 88.9 Å². The molecule has 2 N–H and O–H groups in total. The number of nitrogens with zero attached hydrogens (tertiary/aromatic N) is 5. The summed E-state index contributed by atoms with van der Waals surface area (Å²) in [5.41, 5.74) is -2.04. The molecular formula is C32H26ClF5N6O5S. The van der Waals surface area contributed by atoms with Crippen LogP contribution in [0.3, 0.4) is 0 Å². The Labute approximate surface area is 289 Å². The van der Waals surface area contributed by atoms with Crippen LogP contribution in [0.4, 0.5) is 37.6 Å². The molecule has 2 aromatic carbocycles. The standard InChI is InChI=1S/C32H26ClF5N6O5S/c1-13(45)18-11-48-26-22-25(24(38)21(23(26)33)15-3-4-17(35)27-20(15)16(8-39)29(50-27)42-31(46)47)40-30(41-28(22)44(18)10-19(36)37)49-12-32-5-2-6-43(32)9-14(34)7-32/h3-4,14,18-19,42H,2,5-7,9-12H2,1H3,(H,46,47)/t14-,18?,32+/m1/s1. The number of aromatic nitrogens is 2. The Bertz CT molecular complexity index is 2130. The minimum Gasteiger partial charge on any atom is -0.489 e. The second kappa shape index (κ2) is 12.7. The third-order valence-corrected chi connectivity index (χ3v) is 10.9. The van der Waals surface area contributed by atoms with E-state index in [4.69, 9.17) is 21.1 Å². The van der Waals surface area contributed by atoms with Gasteiger partial charge in [-0.3, -0.25) is 15.0 Å². The molecule has 262 valence electrons. The number of nitrogens with one attached hydrogen (secondary N) is 1. The Morgan fingerprint density at radius 1 is 1.30 bits per heavy atom. The SMILES string of the molecule is CC(=O)C1COc2c(Cl)c(-c3ccc(F)c4sc(NC(=O)O)c(C#N)c34)c(F)c3nc(OC[C@@]45CCCN4C[C@H](F)C5)nc(c23)N1CC(F)F. The number of ether oxygens (including phenoxy) is 2. The Hall–Kier alpha value is -4.53. The first-order chi connectivity index (χ1) is 23.8. The lowest BCUT2D eigenvalue weighted by Gasteiger charge is -2.31. The van der Waals surface area contributed by atoms with E-state index in [0.29, 0.717) is 24.3 Å². The molecule has 2 fully saturated rings. The smallest absolute Gasteiger partial charge is 0.409 e. The highest BCUT2D eigenvalue weighted by atomic mass is 35.5. The highest BCUT2D eigenvalue weighted by Gasteiger charge is 2.49. The zero-order valence-electron chi connectivity index (χ0n) is 26.0. The van der Waals surface area contributed by atoms with Gasteiger partial charge in [-0.05, 0) is 37.9 Å². The molecule has 0 radical (unpaired) electrons. The van der Waals surface area contributed by atoms with Crippen molar-refractivity contribution in [3.63, 3.8) is 0 Å². The lowest BCUT2D eigenvalue weighted by atomic mass is 9.95. The summed E-state index contributed by atoms with van der Waals surface area (Å²) < 4.78 is 86.6. The van der Waals surface area contributed by atoms with E-state index in [-0.39, 0.29) is 62.7 Å². The molecule has 11 nitrogen and oxygen atoms in total. The number of carbonyl (C=O) groups is 2. The Kier molecular flexibility index (Phi) is 8.59. The van der Waals surface area contributed by atoms with Gasteiger partial charge in [-0.2, -0.15) is 15.2 Å². The van der Waals surface area contributed by atoms with Gasteiger partial charge < -0.3 is 19.5 Å². The molecule has 1 amide bonds. The number of fused-ring (bicyclic) bond motifs is 2. The van der Waals surface area contributed by atoms with Crippen molar-refractivity contribution >= 4 is 66.6 Å². The third-order valence-electron chi connectivity index (χ3n) is 9.40. The van der Waals surface area contributed by atoms with Crippen molar-refractivity contribution in [3.05, 3.63) is 34.4 Å². The predicted octanol–water partition coefficient (Wildman–Crippen LogP) is 6.78. The number of nitriles is 1. The average Bonchev–Trinajstić information content (AvgIpc) is 3.67. The number of halogens is 6. The molecule has 7 rings (SSSR count). The highest BCUT2D eigenvalue weighted by Crippen LogP contribution is 2.51. The van der Waals surface area contributed by atoms with Crippen LogP contribution in [0, 0.1) is 23.0 Å². The van der Waals surface area contributed by atoms with Crippen molar-refractivity contribution in [3.8, 4) is 29.0 Å². The van der Waals surface area contributed by atoms with Crippen LogP contribution in [0.1, 0.15) is 31.7 Å². The van der Waals surface area contributed by atoms with Gasteiger partial charge in [-0.1, -0.05) is 17.7 Å². The number of anilines is 2. The van der Waals surface area contributed by atoms with E-state index in [1.54, 1.807) is 0 Å². The number of carboxylic acid groups (broad SMARTS) is 1. The van der Waals surface area contributed by atoms with E-state index < -0.39 is 83.0 Å². The Morgan fingerprint density at radius 2 is 2.08 bits per heavy atom. The number of alkyl halides is 3. The lowest BCUT2D eigenvalue weighted by Crippen LogP contribution is -2.46. The molecule has 4 aromatic rings. The van der Waals surface area contributed by atoms with Crippen LogP contribution >= 0.6 is 22.9 Å². The van der Waals surface area contributed by atoms with Crippen LogP contribution in [0.15, 0.2) is 12.1 Å². The summed E-state index contributed by atoms with van der Waals surface area (Å²) in [7, 11) is 0. The number of hydrogen-bond acceptors (Lipinski definition) is 10. The summed E-state index contributed by atoms with van der Waals surface area (Å²) >= 11 is 7.46. The van der Waals surface area contributed by atoms with Gasteiger partial charge >= 0.3 is 12.1 Å². The van der Waals surface area contributed by atoms with Crippen molar-refractivity contribution in [1.29, 1.82) is 5.26 Å². The van der Waals surface area contributed by atoms with Crippen molar-refractivity contribution in [2.24, 2.45) is 0 Å². The van der Waals surface area contributed by atoms with E-state index in [0.717, 1.165) is 23.5 Å². The highest BCUT2D eigenvalue weighted by molar-refractivity contribution is 7.23. The lowest BCUT2D eigenvalue weighted by molar-refractivity contribution is -0.119. The second-order valence-electron chi connectivity index (χ2n) is 12.4. The van der Waals surface area contributed by atoms with Crippen LogP contribution in [0.5, 0.6) is 11.8 Å². The number of benzene rings is 2. The van der Waals surface area contributed by atoms with E-state index >= 15 is 8.78 Å². The molecule has 0 aliphatic carbocycles. The largest absolute Gasteiger partial charge is 0.489 e.